The monoisotopic (exact) mass is 518 g/mol. The molecule has 0 radical (unpaired) electrons. The highest BCUT2D eigenvalue weighted by Crippen LogP contribution is 2.34. The van der Waals surface area contributed by atoms with Crippen LogP contribution >= 0.6 is 0 Å². The van der Waals surface area contributed by atoms with Crippen LogP contribution in [0.4, 0.5) is 24.7 Å². The van der Waals surface area contributed by atoms with E-state index in [1.807, 2.05) is 31.2 Å². The van der Waals surface area contributed by atoms with Gasteiger partial charge in [-0.3, -0.25) is 13.9 Å². The minimum atomic E-state index is -4.86. The van der Waals surface area contributed by atoms with E-state index in [0.29, 0.717) is 5.56 Å². The van der Waals surface area contributed by atoms with Gasteiger partial charge in [0.05, 0.1) is 6.04 Å². The Kier molecular flexibility index (Phi) is 8.59. The standard InChI is InChI=1S/C26H29F3N4O4/c1-17-9-11-19(12-10-17)16-33(18(2)20-7-5-8-21(15-20)37-26(27,28)29)22-23(30-3)31(4)25(36)32(24(22)35)13-6-14-34/h5,7-12,15,18,34H,3,6,13-14,16H2,1-2,4H3. The predicted molar refractivity (Wildman–Crippen MR) is 136 cm³/mol. The smallest absolute Gasteiger partial charge is 0.406 e. The number of hydrogen-bond acceptors (Lipinski definition) is 6. The Morgan fingerprint density at radius 1 is 1.16 bits per heavy atom. The third kappa shape index (κ3) is 6.48. The first-order valence-corrected chi connectivity index (χ1v) is 11.6. The van der Waals surface area contributed by atoms with Crippen molar-refractivity contribution in [2.24, 2.45) is 12.0 Å². The van der Waals surface area contributed by atoms with Crippen molar-refractivity contribution >= 4 is 18.2 Å². The molecule has 0 bridgehead atoms. The van der Waals surface area contributed by atoms with Gasteiger partial charge in [-0.2, -0.15) is 0 Å². The number of ether oxygens (including phenoxy) is 1. The van der Waals surface area contributed by atoms with Crippen LogP contribution in [-0.2, 0) is 20.1 Å². The van der Waals surface area contributed by atoms with Crippen LogP contribution in [0.25, 0.3) is 0 Å². The average Bonchev–Trinajstić information content (AvgIpc) is 2.85. The van der Waals surface area contributed by atoms with E-state index >= 15 is 0 Å². The molecule has 2 aromatic carbocycles. The summed E-state index contributed by atoms with van der Waals surface area (Å²) in [5.41, 5.74) is 1.10. The third-order valence-electron chi connectivity index (χ3n) is 5.99. The molecule has 1 unspecified atom stereocenters. The van der Waals surface area contributed by atoms with E-state index in [-0.39, 0.29) is 37.6 Å². The number of halogens is 3. The molecule has 0 aliphatic carbocycles. The number of nitrogens with zero attached hydrogens (tertiary/aromatic N) is 4. The van der Waals surface area contributed by atoms with Crippen LogP contribution < -0.4 is 20.9 Å². The van der Waals surface area contributed by atoms with Gasteiger partial charge in [-0.1, -0.05) is 42.0 Å². The lowest BCUT2D eigenvalue weighted by Crippen LogP contribution is -2.43. The Morgan fingerprint density at radius 3 is 2.43 bits per heavy atom. The van der Waals surface area contributed by atoms with Gasteiger partial charge in [-0.25, -0.2) is 9.79 Å². The first kappa shape index (κ1) is 27.7. The molecule has 3 rings (SSSR count). The zero-order chi connectivity index (χ0) is 27.3. The fourth-order valence-corrected chi connectivity index (χ4v) is 4.05. The molecule has 8 nitrogen and oxygen atoms in total. The number of alkyl halides is 3. The quantitative estimate of drug-likeness (QED) is 0.406. The molecule has 0 aliphatic heterocycles. The maximum absolute atomic E-state index is 13.7. The van der Waals surface area contributed by atoms with Crippen molar-refractivity contribution in [2.75, 3.05) is 11.5 Å². The minimum Gasteiger partial charge on any atom is -0.406 e. The number of aliphatic hydroxyl groups is 1. The van der Waals surface area contributed by atoms with Crippen LogP contribution in [0.15, 0.2) is 63.1 Å². The van der Waals surface area contributed by atoms with Gasteiger partial charge in [-0.15, -0.1) is 13.2 Å². The molecule has 0 saturated carbocycles. The fourth-order valence-electron chi connectivity index (χ4n) is 4.05. The number of benzene rings is 2. The van der Waals surface area contributed by atoms with E-state index < -0.39 is 29.4 Å². The normalized spacial score (nSPS) is 12.3. The lowest BCUT2D eigenvalue weighted by atomic mass is 10.0. The van der Waals surface area contributed by atoms with E-state index in [4.69, 9.17) is 0 Å². The maximum Gasteiger partial charge on any atom is 0.573 e. The van der Waals surface area contributed by atoms with E-state index in [1.165, 1.54) is 29.8 Å². The van der Waals surface area contributed by atoms with Crippen LogP contribution in [0, 0.1) is 6.92 Å². The summed E-state index contributed by atoms with van der Waals surface area (Å²) in [6, 6.07) is 12.4. The average molecular weight is 519 g/mol. The molecular weight excluding hydrogens is 489 g/mol. The Morgan fingerprint density at radius 2 is 1.84 bits per heavy atom. The van der Waals surface area contributed by atoms with Crippen molar-refractivity contribution in [2.45, 2.75) is 45.8 Å². The van der Waals surface area contributed by atoms with Gasteiger partial charge in [0, 0.05) is 26.7 Å². The van der Waals surface area contributed by atoms with Crippen molar-refractivity contribution in [3.05, 3.63) is 86.1 Å². The Balaban J connectivity index is 2.22. The summed E-state index contributed by atoms with van der Waals surface area (Å²) in [5, 5.41) is 9.26. The van der Waals surface area contributed by atoms with E-state index in [0.717, 1.165) is 15.7 Å². The number of aliphatic hydroxyl groups excluding tert-OH is 1. The molecule has 0 aliphatic rings. The van der Waals surface area contributed by atoms with Gasteiger partial charge in [0.1, 0.15) is 11.4 Å². The number of aryl methyl sites for hydroxylation is 1. The molecule has 3 aromatic rings. The topological polar surface area (TPSA) is 89.1 Å². The molecule has 1 atom stereocenters. The second kappa shape index (κ2) is 11.5. The van der Waals surface area contributed by atoms with Crippen LogP contribution in [0.1, 0.15) is 36.1 Å². The molecule has 0 amide bonds. The summed E-state index contributed by atoms with van der Waals surface area (Å²) in [6.07, 6.45) is -4.68. The lowest BCUT2D eigenvalue weighted by Gasteiger charge is -2.33. The first-order chi connectivity index (χ1) is 17.5. The van der Waals surface area contributed by atoms with Gasteiger partial charge in [0.15, 0.2) is 5.82 Å². The largest absolute Gasteiger partial charge is 0.573 e. The molecule has 0 saturated heterocycles. The van der Waals surface area contributed by atoms with Crippen LogP contribution in [0.3, 0.4) is 0 Å². The second-order valence-corrected chi connectivity index (χ2v) is 8.62. The summed E-state index contributed by atoms with van der Waals surface area (Å²) in [5.74, 6) is -0.369. The number of aromatic nitrogens is 2. The molecule has 198 valence electrons. The highest BCUT2D eigenvalue weighted by molar-refractivity contribution is 5.65. The Labute approximate surface area is 211 Å². The molecule has 1 heterocycles. The number of anilines is 1. The van der Waals surface area contributed by atoms with Crippen molar-refractivity contribution in [3.63, 3.8) is 0 Å². The van der Waals surface area contributed by atoms with Gasteiger partial charge in [-0.05, 0) is 50.2 Å². The maximum atomic E-state index is 13.7. The second-order valence-electron chi connectivity index (χ2n) is 8.62. The van der Waals surface area contributed by atoms with Crippen LogP contribution in [-0.4, -0.2) is 33.9 Å². The summed E-state index contributed by atoms with van der Waals surface area (Å²) in [4.78, 5) is 32.2. The predicted octanol–water partition coefficient (Wildman–Crippen LogP) is 4.24. The first-order valence-electron chi connectivity index (χ1n) is 11.6. The zero-order valence-corrected chi connectivity index (χ0v) is 20.8. The molecular formula is C26H29F3N4O4. The van der Waals surface area contributed by atoms with Gasteiger partial charge in [0.25, 0.3) is 5.56 Å². The third-order valence-corrected chi connectivity index (χ3v) is 5.99. The van der Waals surface area contributed by atoms with Crippen molar-refractivity contribution in [1.29, 1.82) is 0 Å². The Bertz CT molecular complexity index is 1360. The van der Waals surface area contributed by atoms with E-state index in [1.54, 1.807) is 17.9 Å². The zero-order valence-electron chi connectivity index (χ0n) is 20.8. The highest BCUT2D eigenvalue weighted by atomic mass is 19.4. The molecule has 0 fully saturated rings. The molecule has 0 spiro atoms. The summed E-state index contributed by atoms with van der Waals surface area (Å²) in [7, 11) is 1.46. The molecule has 1 N–H and O–H groups in total. The van der Waals surface area contributed by atoms with Crippen molar-refractivity contribution in [3.8, 4) is 5.75 Å². The van der Waals surface area contributed by atoms with E-state index in [9.17, 15) is 27.9 Å². The van der Waals surface area contributed by atoms with Gasteiger partial charge >= 0.3 is 12.1 Å². The van der Waals surface area contributed by atoms with Gasteiger partial charge < -0.3 is 14.7 Å². The summed E-state index contributed by atoms with van der Waals surface area (Å²) >= 11 is 0. The molecule has 11 heteroatoms. The molecule has 37 heavy (non-hydrogen) atoms. The van der Waals surface area contributed by atoms with Crippen LogP contribution in [0.2, 0.25) is 0 Å². The van der Waals surface area contributed by atoms with Crippen molar-refractivity contribution in [1.82, 2.24) is 9.13 Å². The van der Waals surface area contributed by atoms with Crippen molar-refractivity contribution < 1.29 is 23.0 Å². The van der Waals surface area contributed by atoms with Crippen LogP contribution in [0.5, 0.6) is 5.75 Å². The minimum absolute atomic E-state index is 0.0198. The molecule has 1 aromatic heterocycles. The number of aliphatic imine (C=N–C) groups is 1. The highest BCUT2D eigenvalue weighted by Gasteiger charge is 2.32. The summed E-state index contributed by atoms with van der Waals surface area (Å²) in [6.45, 7) is 7.15. The SMILES string of the molecule is C=Nc1c(N(Cc2ccc(C)cc2)C(C)c2cccc(OC(F)(F)F)c2)c(=O)n(CCCO)c(=O)n1C. The summed E-state index contributed by atoms with van der Waals surface area (Å²) < 4.78 is 44.9. The Hall–Kier alpha value is -3.86. The number of rotatable bonds is 10. The number of hydrogen-bond donors (Lipinski definition) is 1. The fraction of sp³-hybridized carbons (Fsp3) is 0.346. The van der Waals surface area contributed by atoms with Gasteiger partial charge in [0.2, 0.25) is 0 Å². The lowest BCUT2D eigenvalue weighted by molar-refractivity contribution is -0.274. The van der Waals surface area contributed by atoms with E-state index in [2.05, 4.69) is 16.4 Å².